The lowest BCUT2D eigenvalue weighted by Gasteiger charge is -2.41. The van der Waals surface area contributed by atoms with Crippen molar-refractivity contribution in [2.75, 3.05) is 26.3 Å². The molecule has 0 radical (unpaired) electrons. The topological polar surface area (TPSA) is 57.2 Å². The van der Waals surface area contributed by atoms with E-state index in [1.54, 1.807) is 0 Å². The Hall–Kier alpha value is -3.03. The van der Waals surface area contributed by atoms with E-state index in [0.717, 1.165) is 60.7 Å². The van der Waals surface area contributed by atoms with E-state index in [9.17, 15) is 4.79 Å². The van der Waals surface area contributed by atoms with Gasteiger partial charge in [-0.25, -0.2) is 0 Å². The highest BCUT2D eigenvalue weighted by atomic mass is 79.9. The van der Waals surface area contributed by atoms with Crippen molar-refractivity contribution in [2.24, 2.45) is 0 Å². The highest BCUT2D eigenvalue weighted by Gasteiger charge is 2.39. The Labute approximate surface area is 271 Å². The molecule has 2 aliphatic heterocycles. The molecule has 0 spiro atoms. The van der Waals surface area contributed by atoms with Crippen LogP contribution in [0, 0.1) is 20.8 Å². The van der Waals surface area contributed by atoms with E-state index in [1.165, 1.54) is 28.7 Å². The molecule has 44 heavy (non-hydrogen) atoms. The Bertz CT molecular complexity index is 1430. The van der Waals surface area contributed by atoms with Gasteiger partial charge in [0.2, 0.25) is 0 Å². The summed E-state index contributed by atoms with van der Waals surface area (Å²) < 4.78 is 24.6. The zero-order valence-corrected chi connectivity index (χ0v) is 28.4. The quantitative estimate of drug-likeness (QED) is 0.146. The number of halogens is 1. The molecule has 0 saturated carbocycles. The van der Waals surface area contributed by atoms with Gasteiger partial charge in [0.15, 0.2) is 0 Å². The number of fused-ring (bicyclic) bond motifs is 1. The van der Waals surface area contributed by atoms with Gasteiger partial charge in [-0.15, -0.1) is 0 Å². The molecule has 3 atom stereocenters. The molecule has 2 aliphatic rings. The minimum atomic E-state index is -0.344. The molecule has 0 aromatic heterocycles. The minimum absolute atomic E-state index is 0.230. The molecule has 0 bridgehead atoms. The van der Waals surface area contributed by atoms with Gasteiger partial charge in [-0.2, -0.15) is 0 Å². The van der Waals surface area contributed by atoms with Gasteiger partial charge in [0.1, 0.15) is 40.9 Å². The SMILES string of the molecule is CCOC(=O)C(Br)Cc1ccc(OCC2CCCN2CC2(C)CCc3c(C)c(OCc4ccccc4)c(C)c(C)c3O2)cc1. The van der Waals surface area contributed by atoms with Crippen molar-refractivity contribution in [3.05, 3.63) is 88.0 Å². The summed E-state index contributed by atoms with van der Waals surface area (Å²) in [5.41, 5.74) is 6.79. The molecule has 0 aliphatic carbocycles. The maximum Gasteiger partial charge on any atom is 0.320 e. The lowest BCUT2D eigenvalue weighted by Crippen LogP contribution is -2.50. The molecule has 0 amide bonds. The van der Waals surface area contributed by atoms with E-state index < -0.39 is 0 Å². The Kier molecular flexibility index (Phi) is 10.6. The van der Waals surface area contributed by atoms with Crippen LogP contribution in [0.4, 0.5) is 0 Å². The fourth-order valence-corrected chi connectivity index (χ4v) is 7.00. The van der Waals surface area contributed by atoms with E-state index in [1.807, 2.05) is 37.3 Å². The van der Waals surface area contributed by atoms with Crippen LogP contribution < -0.4 is 14.2 Å². The maximum atomic E-state index is 11.9. The summed E-state index contributed by atoms with van der Waals surface area (Å²) in [6.07, 6.45) is 4.81. The Morgan fingerprint density at radius 1 is 1.02 bits per heavy atom. The predicted molar refractivity (Wildman–Crippen MR) is 178 cm³/mol. The fraction of sp³-hybridized carbons (Fsp3) is 0.486. The number of alkyl halides is 1. The zero-order chi connectivity index (χ0) is 31.3. The van der Waals surface area contributed by atoms with Crippen LogP contribution in [0.15, 0.2) is 54.6 Å². The van der Waals surface area contributed by atoms with Crippen molar-refractivity contribution >= 4 is 21.9 Å². The third-order valence-electron chi connectivity index (χ3n) is 9.15. The van der Waals surface area contributed by atoms with Crippen molar-refractivity contribution in [1.82, 2.24) is 4.90 Å². The monoisotopic (exact) mass is 663 g/mol. The third-order valence-corrected chi connectivity index (χ3v) is 9.85. The van der Waals surface area contributed by atoms with E-state index >= 15 is 0 Å². The molecule has 3 aromatic rings. The number of ether oxygens (including phenoxy) is 4. The third kappa shape index (κ3) is 7.60. The predicted octanol–water partition coefficient (Wildman–Crippen LogP) is 7.69. The number of rotatable bonds is 12. The summed E-state index contributed by atoms with van der Waals surface area (Å²) in [7, 11) is 0. The number of hydrogen-bond donors (Lipinski definition) is 0. The number of carbonyl (C=O) groups excluding carboxylic acids is 1. The van der Waals surface area contributed by atoms with Gasteiger partial charge in [-0.05, 0) is 113 Å². The van der Waals surface area contributed by atoms with E-state index in [0.29, 0.717) is 32.3 Å². The van der Waals surface area contributed by atoms with Crippen LogP contribution in [0.2, 0.25) is 0 Å². The van der Waals surface area contributed by atoms with Crippen molar-refractivity contribution in [1.29, 1.82) is 0 Å². The van der Waals surface area contributed by atoms with Gasteiger partial charge >= 0.3 is 5.97 Å². The van der Waals surface area contributed by atoms with E-state index in [4.69, 9.17) is 18.9 Å². The normalized spacial score (nSPS) is 20.5. The summed E-state index contributed by atoms with van der Waals surface area (Å²) >= 11 is 3.44. The second-order valence-corrected chi connectivity index (χ2v) is 13.6. The summed E-state index contributed by atoms with van der Waals surface area (Å²) in [4.78, 5) is 14.1. The summed E-state index contributed by atoms with van der Waals surface area (Å²) in [6, 6.07) is 18.7. The van der Waals surface area contributed by atoms with Crippen LogP contribution in [0.3, 0.4) is 0 Å². The first kappa shape index (κ1) is 32.4. The van der Waals surface area contributed by atoms with Crippen LogP contribution in [-0.2, 0) is 29.0 Å². The van der Waals surface area contributed by atoms with Crippen LogP contribution in [0.1, 0.15) is 66.5 Å². The number of hydrogen-bond acceptors (Lipinski definition) is 6. The standard InChI is InChI=1S/C37H46BrNO5/c1-6-41-36(40)33(38)21-28-14-16-31(17-15-28)42-23-30-13-10-20-39(30)24-37(5)19-18-32-27(4)34(25(2)26(3)35(32)44-37)43-22-29-11-8-7-9-12-29/h7-9,11-12,14-17,30,33H,6,10,13,18-24H2,1-5H3. The highest BCUT2D eigenvalue weighted by Crippen LogP contribution is 2.44. The van der Waals surface area contributed by atoms with Gasteiger partial charge in [-0.3, -0.25) is 9.69 Å². The van der Waals surface area contributed by atoms with Gasteiger partial charge in [0.25, 0.3) is 0 Å². The maximum absolute atomic E-state index is 11.9. The average molecular weight is 665 g/mol. The molecule has 3 unspecified atom stereocenters. The van der Waals surface area contributed by atoms with Gasteiger partial charge < -0.3 is 18.9 Å². The molecule has 1 saturated heterocycles. The van der Waals surface area contributed by atoms with Crippen molar-refractivity contribution in [3.63, 3.8) is 0 Å². The zero-order valence-electron chi connectivity index (χ0n) is 26.8. The second kappa shape index (κ2) is 14.4. The Morgan fingerprint density at radius 3 is 2.50 bits per heavy atom. The molecule has 6 nitrogen and oxygen atoms in total. The minimum Gasteiger partial charge on any atom is -0.492 e. The van der Waals surface area contributed by atoms with Gasteiger partial charge in [0.05, 0.1) is 6.61 Å². The number of esters is 1. The number of likely N-dealkylation sites (tertiary alicyclic amines) is 1. The van der Waals surface area contributed by atoms with Crippen LogP contribution in [0.25, 0.3) is 0 Å². The molecule has 1 fully saturated rings. The fourth-order valence-electron chi connectivity index (χ4n) is 6.50. The van der Waals surface area contributed by atoms with E-state index in [2.05, 4.69) is 72.8 Å². The van der Waals surface area contributed by atoms with E-state index in [-0.39, 0.29) is 16.4 Å². The first-order valence-electron chi connectivity index (χ1n) is 15.9. The molecule has 3 aromatic carbocycles. The lowest BCUT2D eigenvalue weighted by atomic mass is 9.86. The summed E-state index contributed by atoms with van der Waals surface area (Å²) in [5.74, 6) is 2.66. The molecule has 5 rings (SSSR count). The van der Waals surface area contributed by atoms with Crippen LogP contribution in [-0.4, -0.2) is 53.6 Å². The van der Waals surface area contributed by atoms with Gasteiger partial charge in [0, 0.05) is 18.2 Å². The van der Waals surface area contributed by atoms with Crippen LogP contribution in [0.5, 0.6) is 17.2 Å². The molecule has 236 valence electrons. The smallest absolute Gasteiger partial charge is 0.320 e. The molecular weight excluding hydrogens is 618 g/mol. The number of carbonyl (C=O) groups is 1. The average Bonchev–Trinajstić information content (AvgIpc) is 3.46. The molecule has 2 heterocycles. The van der Waals surface area contributed by atoms with Crippen molar-refractivity contribution in [2.45, 2.75) is 89.8 Å². The largest absolute Gasteiger partial charge is 0.492 e. The Morgan fingerprint density at radius 2 is 1.77 bits per heavy atom. The molecule has 0 N–H and O–H groups in total. The first-order valence-corrected chi connectivity index (χ1v) is 16.8. The van der Waals surface area contributed by atoms with Crippen molar-refractivity contribution < 1.29 is 23.7 Å². The van der Waals surface area contributed by atoms with Crippen LogP contribution >= 0.6 is 15.9 Å². The molecular formula is C37H46BrNO5. The summed E-state index contributed by atoms with van der Waals surface area (Å²) in [6.45, 7) is 14.1. The molecule has 7 heteroatoms. The lowest BCUT2D eigenvalue weighted by molar-refractivity contribution is -0.142. The number of benzene rings is 3. The number of nitrogens with zero attached hydrogens (tertiary/aromatic N) is 1. The van der Waals surface area contributed by atoms with Gasteiger partial charge in [-0.1, -0.05) is 58.4 Å². The first-order chi connectivity index (χ1) is 21.2. The Balaban J connectivity index is 1.19. The summed E-state index contributed by atoms with van der Waals surface area (Å²) in [5, 5.41) is 0. The highest BCUT2D eigenvalue weighted by molar-refractivity contribution is 9.10. The van der Waals surface area contributed by atoms with Crippen molar-refractivity contribution in [3.8, 4) is 17.2 Å². The second-order valence-electron chi connectivity index (χ2n) is 12.5.